The molecule has 0 radical (unpaired) electrons. The first kappa shape index (κ1) is 20.2. The van der Waals surface area contributed by atoms with E-state index in [-0.39, 0.29) is 0 Å². The third-order valence-electron chi connectivity index (χ3n) is 8.40. The van der Waals surface area contributed by atoms with Crippen molar-refractivity contribution in [3.63, 3.8) is 0 Å². The molecule has 156 valence electrons. The quantitative estimate of drug-likeness (QED) is 0.656. The molecule has 0 amide bonds. The Kier molecular flexibility index (Phi) is 5.68. The highest BCUT2D eigenvalue weighted by Gasteiger charge is 2.53. The molecule has 0 aromatic carbocycles. The molecule has 0 atom stereocenters. The van der Waals surface area contributed by atoms with E-state index in [1.807, 2.05) is 0 Å². The molecule has 4 fully saturated rings. The average Bonchev–Trinajstić information content (AvgIpc) is 3.34. The molecule has 0 unspecified atom stereocenters. The molecular weight excluding hydrogens is 330 g/mol. The van der Waals surface area contributed by atoms with E-state index in [9.17, 15) is 0 Å². The Bertz CT molecular complexity index is 486. The van der Waals surface area contributed by atoms with Crippen LogP contribution in [0, 0.1) is 22.2 Å². The summed E-state index contributed by atoms with van der Waals surface area (Å²) >= 11 is 0. The first-order valence-corrected chi connectivity index (χ1v) is 12.0. The van der Waals surface area contributed by atoms with Crippen LogP contribution in [0.15, 0.2) is 0 Å². The molecule has 0 N–H and O–H groups in total. The van der Waals surface area contributed by atoms with Crippen LogP contribution >= 0.6 is 0 Å². The van der Waals surface area contributed by atoms with Crippen molar-refractivity contribution in [1.29, 1.82) is 0 Å². The Morgan fingerprint density at radius 3 is 1.81 bits per heavy atom. The number of piperidine rings is 1. The summed E-state index contributed by atoms with van der Waals surface area (Å²) in [5, 5.41) is 0. The maximum atomic E-state index is 2.83. The van der Waals surface area contributed by atoms with Gasteiger partial charge in [-0.1, -0.05) is 27.7 Å². The second kappa shape index (κ2) is 7.61. The van der Waals surface area contributed by atoms with Gasteiger partial charge in [0.2, 0.25) is 0 Å². The Hall–Kier alpha value is -0.120. The van der Waals surface area contributed by atoms with Gasteiger partial charge in [-0.3, -0.25) is 0 Å². The lowest BCUT2D eigenvalue weighted by atomic mass is 9.50. The molecule has 1 spiro atoms. The van der Waals surface area contributed by atoms with E-state index in [1.165, 1.54) is 104 Å². The van der Waals surface area contributed by atoms with E-state index >= 15 is 0 Å². The maximum Gasteiger partial charge on any atom is 0.0110 e. The number of likely N-dealkylation sites (tertiary alicyclic amines) is 1. The van der Waals surface area contributed by atoms with Crippen molar-refractivity contribution in [3.8, 4) is 0 Å². The van der Waals surface area contributed by atoms with Gasteiger partial charge in [-0.05, 0) is 86.7 Å². The normalized spacial score (nSPS) is 30.6. The number of likely N-dealkylation sites (N-methyl/N-ethyl adjacent to an activating group) is 1. The van der Waals surface area contributed by atoms with E-state index in [4.69, 9.17) is 0 Å². The van der Waals surface area contributed by atoms with Crippen LogP contribution in [0.25, 0.3) is 0 Å². The number of rotatable bonds is 7. The Balaban J connectivity index is 1.19. The predicted molar refractivity (Wildman–Crippen MR) is 115 cm³/mol. The van der Waals surface area contributed by atoms with Crippen molar-refractivity contribution in [2.24, 2.45) is 22.2 Å². The van der Waals surface area contributed by atoms with Crippen LogP contribution in [0.2, 0.25) is 0 Å². The first-order valence-electron chi connectivity index (χ1n) is 12.0. The van der Waals surface area contributed by atoms with Gasteiger partial charge < -0.3 is 14.7 Å². The van der Waals surface area contributed by atoms with Crippen LogP contribution in [-0.2, 0) is 0 Å². The molecule has 2 aliphatic heterocycles. The van der Waals surface area contributed by atoms with Crippen LogP contribution in [-0.4, -0.2) is 73.6 Å². The van der Waals surface area contributed by atoms with Gasteiger partial charge in [0.15, 0.2) is 0 Å². The molecule has 27 heavy (non-hydrogen) atoms. The monoisotopic (exact) mass is 375 g/mol. The summed E-state index contributed by atoms with van der Waals surface area (Å²) in [4.78, 5) is 8.19. The fourth-order valence-electron chi connectivity index (χ4n) is 7.16. The summed E-state index contributed by atoms with van der Waals surface area (Å²) < 4.78 is 0. The summed E-state index contributed by atoms with van der Waals surface area (Å²) in [5.74, 6) is 0.871. The summed E-state index contributed by atoms with van der Waals surface area (Å²) in [6, 6.07) is 0. The van der Waals surface area contributed by atoms with Gasteiger partial charge in [0.05, 0.1) is 0 Å². The molecule has 4 rings (SSSR count). The molecule has 2 aliphatic carbocycles. The lowest BCUT2D eigenvalue weighted by Crippen LogP contribution is -2.57. The molecule has 0 aromatic rings. The predicted octanol–water partition coefficient (Wildman–Crippen LogP) is 4.33. The smallest absolute Gasteiger partial charge is 0.0110 e. The summed E-state index contributed by atoms with van der Waals surface area (Å²) in [6.45, 7) is 21.6. The van der Waals surface area contributed by atoms with Crippen LogP contribution in [0.4, 0.5) is 0 Å². The SMILES string of the molecule is CCN1CCN(CC2(C)CC3(CCN(CC4(CC(C)C)CC4)CC3)C2)CC1. The standard InChI is InChI=1S/C24H45N3/c1-5-25-12-14-27(15-13-25)19-22(4)17-24(18-22)8-10-26(11-9-24)20-23(6-7-23)16-21(2)3/h21H,5-20H2,1-4H3. The lowest BCUT2D eigenvalue weighted by molar-refractivity contribution is -0.0904. The Morgan fingerprint density at radius 1 is 0.741 bits per heavy atom. The molecular formula is C24H45N3. The fraction of sp³-hybridized carbons (Fsp3) is 1.00. The molecule has 3 heteroatoms. The zero-order valence-electron chi connectivity index (χ0n) is 18.7. The summed E-state index contributed by atoms with van der Waals surface area (Å²) in [5.41, 5.74) is 2.03. The van der Waals surface area contributed by atoms with Crippen molar-refractivity contribution < 1.29 is 0 Å². The van der Waals surface area contributed by atoms with Gasteiger partial charge in [-0.25, -0.2) is 0 Å². The van der Waals surface area contributed by atoms with E-state index in [2.05, 4.69) is 42.4 Å². The second-order valence-electron chi connectivity index (χ2n) is 11.7. The molecule has 2 heterocycles. The van der Waals surface area contributed by atoms with E-state index in [0.717, 1.165) is 5.92 Å². The minimum atomic E-state index is 0.603. The van der Waals surface area contributed by atoms with Crippen molar-refractivity contribution in [2.75, 3.05) is 58.9 Å². The zero-order valence-corrected chi connectivity index (χ0v) is 18.7. The van der Waals surface area contributed by atoms with Crippen LogP contribution in [0.3, 0.4) is 0 Å². The topological polar surface area (TPSA) is 9.72 Å². The number of hydrogen-bond acceptors (Lipinski definition) is 3. The van der Waals surface area contributed by atoms with Crippen molar-refractivity contribution >= 4 is 0 Å². The van der Waals surface area contributed by atoms with Gasteiger partial charge >= 0.3 is 0 Å². The Morgan fingerprint density at radius 2 is 1.30 bits per heavy atom. The van der Waals surface area contributed by atoms with Crippen LogP contribution in [0.1, 0.15) is 72.6 Å². The van der Waals surface area contributed by atoms with Crippen molar-refractivity contribution in [1.82, 2.24) is 14.7 Å². The highest BCUT2D eigenvalue weighted by Crippen LogP contribution is 2.60. The number of piperazine rings is 1. The molecule has 3 nitrogen and oxygen atoms in total. The first-order chi connectivity index (χ1) is 12.8. The highest BCUT2D eigenvalue weighted by atomic mass is 15.3. The second-order valence-corrected chi connectivity index (χ2v) is 11.7. The third-order valence-corrected chi connectivity index (χ3v) is 8.40. The van der Waals surface area contributed by atoms with Gasteiger partial charge in [0, 0.05) is 39.3 Å². The van der Waals surface area contributed by atoms with Gasteiger partial charge in [-0.2, -0.15) is 0 Å². The average molecular weight is 376 g/mol. The van der Waals surface area contributed by atoms with Gasteiger partial charge in [0.25, 0.3) is 0 Å². The lowest BCUT2D eigenvalue weighted by Gasteiger charge is -2.59. The summed E-state index contributed by atoms with van der Waals surface area (Å²) in [6.07, 6.45) is 10.4. The maximum absolute atomic E-state index is 2.83. The van der Waals surface area contributed by atoms with Gasteiger partial charge in [0.1, 0.15) is 0 Å². The van der Waals surface area contributed by atoms with E-state index < -0.39 is 0 Å². The molecule has 0 aromatic heterocycles. The summed E-state index contributed by atoms with van der Waals surface area (Å²) in [7, 11) is 0. The minimum Gasteiger partial charge on any atom is -0.303 e. The van der Waals surface area contributed by atoms with Gasteiger partial charge in [-0.15, -0.1) is 0 Å². The van der Waals surface area contributed by atoms with Crippen molar-refractivity contribution in [2.45, 2.75) is 72.6 Å². The number of nitrogens with zero attached hydrogens (tertiary/aromatic N) is 3. The third kappa shape index (κ3) is 4.73. The van der Waals surface area contributed by atoms with Crippen LogP contribution in [0.5, 0.6) is 0 Å². The van der Waals surface area contributed by atoms with Crippen LogP contribution < -0.4 is 0 Å². The highest BCUT2D eigenvalue weighted by molar-refractivity contribution is 5.05. The van der Waals surface area contributed by atoms with Crippen molar-refractivity contribution in [3.05, 3.63) is 0 Å². The largest absolute Gasteiger partial charge is 0.303 e. The minimum absolute atomic E-state index is 0.603. The molecule has 0 bridgehead atoms. The molecule has 4 aliphatic rings. The van der Waals surface area contributed by atoms with E-state index in [0.29, 0.717) is 16.2 Å². The molecule has 2 saturated heterocycles. The zero-order chi connectivity index (χ0) is 19.1. The number of hydrogen-bond donors (Lipinski definition) is 0. The molecule has 2 saturated carbocycles. The van der Waals surface area contributed by atoms with E-state index in [1.54, 1.807) is 0 Å². The fourth-order valence-corrected chi connectivity index (χ4v) is 7.16. The Labute approximate surface area is 168 Å².